The fraction of sp³-hybridized carbons (Fsp3) is 0.176. The molecule has 1 aliphatic rings. The second kappa shape index (κ2) is 19.0. The van der Waals surface area contributed by atoms with E-state index in [9.17, 15) is 0 Å². The van der Waals surface area contributed by atoms with Crippen LogP contribution in [0.3, 0.4) is 0 Å². The SMILES string of the molecule is C1=C\CC/C=C\CC/1.CP(c1ccccc1)c1ccccc1.CP(c1ccccc1)c1ccccc1.[Ir]. The fourth-order valence-electron chi connectivity index (χ4n) is 3.76. The van der Waals surface area contributed by atoms with Gasteiger partial charge in [-0.15, -0.1) is 0 Å². The molecule has 0 atom stereocenters. The monoisotopic (exact) mass is 701 g/mol. The molecule has 1 aliphatic carbocycles. The van der Waals surface area contributed by atoms with Crippen LogP contribution in [0, 0.1) is 0 Å². The third-order valence-electron chi connectivity index (χ3n) is 5.91. The van der Waals surface area contributed by atoms with Crippen LogP contribution in [0.4, 0.5) is 0 Å². The molecular formula is C34H38IrP2. The van der Waals surface area contributed by atoms with Crippen molar-refractivity contribution in [1.82, 2.24) is 0 Å². The molecule has 0 amide bonds. The summed E-state index contributed by atoms with van der Waals surface area (Å²) in [6.45, 7) is 4.61. The minimum atomic E-state index is -0.171. The first-order valence-electron chi connectivity index (χ1n) is 12.7. The van der Waals surface area contributed by atoms with Crippen molar-refractivity contribution in [2.75, 3.05) is 13.3 Å². The van der Waals surface area contributed by atoms with E-state index in [4.69, 9.17) is 0 Å². The number of hydrogen-bond donors (Lipinski definition) is 0. The van der Waals surface area contributed by atoms with Crippen LogP contribution in [0.1, 0.15) is 25.7 Å². The van der Waals surface area contributed by atoms with Crippen molar-refractivity contribution in [3.05, 3.63) is 146 Å². The zero-order valence-electron chi connectivity index (χ0n) is 21.9. The minimum Gasteiger partial charge on any atom is -0.0882 e. The molecule has 37 heavy (non-hydrogen) atoms. The Morgan fingerprint density at radius 2 is 0.541 bits per heavy atom. The molecule has 0 unspecified atom stereocenters. The molecule has 0 aromatic heterocycles. The average Bonchev–Trinajstić information content (AvgIpc) is 2.94. The van der Waals surface area contributed by atoms with Crippen LogP contribution in [0.2, 0.25) is 0 Å². The molecule has 1 radical (unpaired) electrons. The molecule has 0 fully saturated rings. The summed E-state index contributed by atoms with van der Waals surface area (Å²) in [4.78, 5) is 0. The van der Waals surface area contributed by atoms with Crippen molar-refractivity contribution in [2.24, 2.45) is 0 Å². The maximum absolute atomic E-state index is 2.31. The normalized spacial score (nSPS) is 13.9. The van der Waals surface area contributed by atoms with Crippen LogP contribution in [0.5, 0.6) is 0 Å². The molecule has 4 aromatic rings. The predicted octanol–water partition coefficient (Wildman–Crippen LogP) is 8.17. The maximum Gasteiger partial charge on any atom is 0 e. The molecular weight excluding hydrogens is 663 g/mol. The Morgan fingerprint density at radius 3 is 0.730 bits per heavy atom. The van der Waals surface area contributed by atoms with E-state index in [0.29, 0.717) is 0 Å². The van der Waals surface area contributed by atoms with Crippen molar-refractivity contribution in [3.63, 3.8) is 0 Å². The van der Waals surface area contributed by atoms with Gasteiger partial charge in [0.05, 0.1) is 0 Å². The smallest absolute Gasteiger partial charge is 0 e. The fourth-order valence-corrected chi connectivity index (χ4v) is 6.83. The van der Waals surface area contributed by atoms with Gasteiger partial charge in [-0.05, 0) is 76.1 Å². The minimum absolute atomic E-state index is 0. The van der Waals surface area contributed by atoms with Crippen molar-refractivity contribution >= 4 is 37.1 Å². The van der Waals surface area contributed by atoms with Gasteiger partial charge in [-0.25, -0.2) is 0 Å². The number of hydrogen-bond acceptors (Lipinski definition) is 0. The predicted molar refractivity (Wildman–Crippen MR) is 167 cm³/mol. The second-order valence-corrected chi connectivity index (χ2v) is 12.9. The summed E-state index contributed by atoms with van der Waals surface area (Å²) in [6, 6.07) is 42.8. The number of benzene rings is 4. The Bertz CT molecular complexity index is 958. The third-order valence-corrected chi connectivity index (χ3v) is 10.2. The quantitative estimate of drug-likeness (QED) is 0.149. The summed E-state index contributed by atoms with van der Waals surface area (Å²) in [5.74, 6) is 0. The standard InChI is InChI=1S/2C13H13P.C8H12.Ir/c2*1-14(12-8-4-2-5-9-12)13-10-6-3-7-11-13;1-2-4-6-8-7-5-3-1;/h2*2-11H,1H3;1-2,7-8H,3-6H2;/b;;2-1-,8-7-;. The van der Waals surface area contributed by atoms with E-state index in [-0.39, 0.29) is 35.9 Å². The van der Waals surface area contributed by atoms with Gasteiger partial charge in [-0.3, -0.25) is 0 Å². The molecule has 4 aromatic carbocycles. The van der Waals surface area contributed by atoms with Crippen molar-refractivity contribution in [1.29, 1.82) is 0 Å². The van der Waals surface area contributed by atoms with Gasteiger partial charge < -0.3 is 0 Å². The largest absolute Gasteiger partial charge is 0.0882 e. The van der Waals surface area contributed by atoms with Crippen molar-refractivity contribution < 1.29 is 20.1 Å². The van der Waals surface area contributed by atoms with Gasteiger partial charge in [0.2, 0.25) is 0 Å². The molecule has 0 saturated heterocycles. The van der Waals surface area contributed by atoms with Crippen LogP contribution in [0.15, 0.2) is 146 Å². The van der Waals surface area contributed by atoms with E-state index < -0.39 is 0 Å². The zero-order chi connectivity index (χ0) is 25.3. The molecule has 3 heteroatoms. The van der Waals surface area contributed by atoms with Gasteiger partial charge in [0.15, 0.2) is 0 Å². The maximum atomic E-state index is 2.31. The second-order valence-electron chi connectivity index (χ2n) is 8.56. The summed E-state index contributed by atoms with van der Waals surface area (Å²) in [7, 11) is -0.342. The Hall–Kier alpha value is -2.13. The first kappa shape index (κ1) is 31.1. The van der Waals surface area contributed by atoms with Crippen LogP contribution in [-0.4, -0.2) is 13.3 Å². The molecule has 193 valence electrons. The summed E-state index contributed by atoms with van der Waals surface area (Å²) >= 11 is 0. The zero-order valence-corrected chi connectivity index (χ0v) is 26.1. The summed E-state index contributed by atoms with van der Waals surface area (Å²) < 4.78 is 0. The summed E-state index contributed by atoms with van der Waals surface area (Å²) in [5.41, 5.74) is 0. The van der Waals surface area contributed by atoms with Gasteiger partial charge in [-0.1, -0.05) is 146 Å². The first-order chi connectivity index (χ1) is 17.8. The van der Waals surface area contributed by atoms with E-state index in [1.54, 1.807) is 0 Å². The first-order valence-corrected chi connectivity index (χ1v) is 16.3. The van der Waals surface area contributed by atoms with Crippen molar-refractivity contribution in [3.8, 4) is 0 Å². The van der Waals surface area contributed by atoms with Crippen LogP contribution in [0.25, 0.3) is 0 Å². The molecule has 0 bridgehead atoms. The van der Waals surface area contributed by atoms with E-state index in [1.165, 1.54) is 46.9 Å². The summed E-state index contributed by atoms with van der Waals surface area (Å²) in [5, 5.41) is 5.75. The Balaban J connectivity index is 0.000000200. The molecule has 0 spiro atoms. The molecule has 0 aliphatic heterocycles. The topological polar surface area (TPSA) is 0 Å². The van der Waals surface area contributed by atoms with E-state index in [2.05, 4.69) is 159 Å². The molecule has 0 N–H and O–H groups in total. The molecule has 5 rings (SSSR count). The Labute approximate surface area is 240 Å². The third kappa shape index (κ3) is 11.9. The Kier molecular flexibility index (Phi) is 16.0. The molecule has 0 nitrogen and oxygen atoms in total. The van der Waals surface area contributed by atoms with Gasteiger partial charge in [0, 0.05) is 20.1 Å². The van der Waals surface area contributed by atoms with Gasteiger partial charge in [0.1, 0.15) is 0 Å². The van der Waals surface area contributed by atoms with E-state index >= 15 is 0 Å². The van der Waals surface area contributed by atoms with Crippen molar-refractivity contribution in [2.45, 2.75) is 25.7 Å². The van der Waals surface area contributed by atoms with E-state index in [1.807, 2.05) is 0 Å². The van der Waals surface area contributed by atoms with Crippen LogP contribution >= 0.6 is 15.8 Å². The van der Waals surface area contributed by atoms with Crippen LogP contribution < -0.4 is 21.2 Å². The number of allylic oxidation sites excluding steroid dienone is 4. The van der Waals surface area contributed by atoms with Crippen LogP contribution in [-0.2, 0) is 20.1 Å². The van der Waals surface area contributed by atoms with Gasteiger partial charge in [-0.2, -0.15) is 0 Å². The Morgan fingerprint density at radius 1 is 0.351 bits per heavy atom. The van der Waals surface area contributed by atoms with Gasteiger partial charge in [0.25, 0.3) is 0 Å². The average molecular weight is 701 g/mol. The molecule has 0 heterocycles. The number of rotatable bonds is 4. The molecule has 0 saturated carbocycles. The summed E-state index contributed by atoms with van der Waals surface area (Å²) in [6.07, 6.45) is 14.0. The van der Waals surface area contributed by atoms with E-state index in [0.717, 1.165) is 0 Å². The van der Waals surface area contributed by atoms with Gasteiger partial charge >= 0.3 is 0 Å².